The van der Waals surface area contributed by atoms with Gasteiger partial charge in [0.15, 0.2) is 0 Å². The Morgan fingerprint density at radius 3 is 2.88 bits per heavy atom. The Bertz CT molecular complexity index is 216. The molecule has 1 aliphatic heterocycles. The highest BCUT2D eigenvalue weighted by molar-refractivity contribution is 7.98. The number of carbonyl (C=O) groups excluding carboxylic acids is 1. The Hall–Kier alpha value is 0.0700. The van der Waals surface area contributed by atoms with Gasteiger partial charge in [0, 0.05) is 24.3 Å². The van der Waals surface area contributed by atoms with Gasteiger partial charge in [-0.1, -0.05) is 13.8 Å². The summed E-state index contributed by atoms with van der Waals surface area (Å²) in [7, 11) is 0. The first-order chi connectivity index (χ1) is 7.15. The molecule has 0 aromatic rings. The van der Waals surface area contributed by atoms with Crippen molar-refractivity contribution < 1.29 is 4.79 Å². The van der Waals surface area contributed by atoms with E-state index in [9.17, 15) is 4.79 Å². The minimum Gasteiger partial charge on any atom is -0.352 e. The van der Waals surface area contributed by atoms with Gasteiger partial charge in [0.25, 0.3) is 0 Å². The summed E-state index contributed by atoms with van der Waals surface area (Å²) in [5, 5.41) is 6.46. The zero-order chi connectivity index (χ0) is 11.3. The van der Waals surface area contributed by atoms with E-state index < -0.39 is 0 Å². The molecule has 1 aliphatic rings. The zero-order valence-electron chi connectivity index (χ0n) is 10.3. The summed E-state index contributed by atoms with van der Waals surface area (Å²) in [6.45, 7) is 6.20. The maximum Gasteiger partial charge on any atom is 0.223 e. The zero-order valence-corrected chi connectivity index (χ0v) is 11.9. The van der Waals surface area contributed by atoms with Gasteiger partial charge < -0.3 is 10.6 Å². The molecule has 0 saturated carbocycles. The molecule has 3 unspecified atom stereocenters. The van der Waals surface area contributed by atoms with Crippen LogP contribution in [0.25, 0.3) is 0 Å². The van der Waals surface area contributed by atoms with E-state index in [2.05, 4.69) is 17.6 Å². The van der Waals surface area contributed by atoms with Gasteiger partial charge in [0.1, 0.15) is 0 Å². The third kappa shape index (κ3) is 4.93. The van der Waals surface area contributed by atoms with E-state index in [-0.39, 0.29) is 24.2 Å². The van der Waals surface area contributed by atoms with E-state index in [1.165, 1.54) is 0 Å². The second-order valence-corrected chi connectivity index (χ2v) is 5.35. The summed E-state index contributed by atoms with van der Waals surface area (Å²) < 4.78 is 0. The summed E-state index contributed by atoms with van der Waals surface area (Å²) in [5.74, 6) is 1.82. The lowest BCUT2D eigenvalue weighted by Gasteiger charge is -2.31. The van der Waals surface area contributed by atoms with Gasteiger partial charge in [-0.3, -0.25) is 4.79 Å². The van der Waals surface area contributed by atoms with Gasteiger partial charge in [0.2, 0.25) is 5.91 Å². The van der Waals surface area contributed by atoms with Gasteiger partial charge in [-0.15, -0.1) is 12.4 Å². The molecule has 3 atom stereocenters. The Labute approximate surface area is 109 Å². The van der Waals surface area contributed by atoms with Crippen LogP contribution < -0.4 is 10.6 Å². The molecule has 0 aliphatic carbocycles. The number of nitrogens with one attached hydrogen (secondary N) is 2. The van der Waals surface area contributed by atoms with E-state index >= 15 is 0 Å². The maximum absolute atomic E-state index is 11.8. The molecule has 5 heteroatoms. The summed E-state index contributed by atoms with van der Waals surface area (Å²) in [5.41, 5.74) is 0. The number of hydrogen-bond donors (Lipinski definition) is 2. The van der Waals surface area contributed by atoms with Crippen molar-refractivity contribution in [3.63, 3.8) is 0 Å². The Balaban J connectivity index is 0.00000225. The van der Waals surface area contributed by atoms with Gasteiger partial charge in [-0.05, 0) is 25.1 Å². The quantitative estimate of drug-likeness (QED) is 0.811. The van der Waals surface area contributed by atoms with Gasteiger partial charge in [0.05, 0.1) is 0 Å². The van der Waals surface area contributed by atoms with Crippen LogP contribution in [0.15, 0.2) is 0 Å². The first kappa shape index (κ1) is 16.1. The second kappa shape index (κ2) is 8.20. The Kier molecular flexibility index (Phi) is 8.24. The number of piperidine rings is 1. The SMILES string of the molecule is CSCC(C)C(=O)NC1CNCCC1C.Cl. The van der Waals surface area contributed by atoms with Crippen LogP contribution in [0.3, 0.4) is 0 Å². The summed E-state index contributed by atoms with van der Waals surface area (Å²) in [6.07, 6.45) is 3.19. The molecule has 1 amide bonds. The van der Waals surface area contributed by atoms with E-state index in [0.717, 1.165) is 25.3 Å². The molecule has 1 rings (SSSR count). The summed E-state index contributed by atoms with van der Waals surface area (Å²) >= 11 is 1.72. The maximum atomic E-state index is 11.8. The number of rotatable bonds is 4. The van der Waals surface area contributed by atoms with Crippen LogP contribution in [0.5, 0.6) is 0 Å². The molecule has 0 radical (unpaired) electrons. The van der Waals surface area contributed by atoms with Gasteiger partial charge in [-0.2, -0.15) is 11.8 Å². The predicted octanol–water partition coefficient (Wildman–Crippen LogP) is 1.52. The Morgan fingerprint density at radius 2 is 2.31 bits per heavy atom. The average Bonchev–Trinajstić information content (AvgIpc) is 2.21. The summed E-state index contributed by atoms with van der Waals surface area (Å²) in [6, 6.07) is 0.315. The van der Waals surface area contributed by atoms with Gasteiger partial charge in [-0.25, -0.2) is 0 Å². The highest BCUT2D eigenvalue weighted by atomic mass is 35.5. The van der Waals surface area contributed by atoms with Crippen LogP contribution in [-0.2, 0) is 4.79 Å². The smallest absolute Gasteiger partial charge is 0.223 e. The molecular formula is C11H23ClN2OS. The van der Waals surface area contributed by atoms with E-state index in [1.807, 2.05) is 13.2 Å². The van der Waals surface area contributed by atoms with Crippen molar-refractivity contribution in [2.24, 2.45) is 11.8 Å². The van der Waals surface area contributed by atoms with Crippen LogP contribution in [0.2, 0.25) is 0 Å². The molecular weight excluding hydrogens is 244 g/mol. The monoisotopic (exact) mass is 266 g/mol. The molecule has 3 nitrogen and oxygen atoms in total. The third-order valence-electron chi connectivity index (χ3n) is 3.02. The molecule has 0 aromatic heterocycles. The number of hydrogen-bond acceptors (Lipinski definition) is 3. The first-order valence-electron chi connectivity index (χ1n) is 5.65. The van der Waals surface area contributed by atoms with E-state index in [4.69, 9.17) is 0 Å². The molecule has 1 fully saturated rings. The van der Waals surface area contributed by atoms with Crippen molar-refractivity contribution in [3.8, 4) is 0 Å². The number of thioether (sulfide) groups is 1. The standard InChI is InChI=1S/C11H22N2OS.ClH/c1-8-4-5-12-6-10(8)13-11(14)9(2)7-15-3;/h8-10,12H,4-7H2,1-3H3,(H,13,14);1H. The van der Waals surface area contributed by atoms with Crippen molar-refractivity contribution in [1.82, 2.24) is 10.6 Å². The molecule has 16 heavy (non-hydrogen) atoms. The fraction of sp³-hybridized carbons (Fsp3) is 0.909. The van der Waals surface area contributed by atoms with Crippen LogP contribution >= 0.6 is 24.2 Å². The fourth-order valence-corrected chi connectivity index (χ4v) is 2.49. The van der Waals surface area contributed by atoms with Crippen LogP contribution in [-0.4, -0.2) is 37.0 Å². The van der Waals surface area contributed by atoms with Crippen molar-refractivity contribution in [2.45, 2.75) is 26.3 Å². The molecule has 96 valence electrons. The van der Waals surface area contributed by atoms with Crippen molar-refractivity contribution in [2.75, 3.05) is 25.1 Å². The summed E-state index contributed by atoms with van der Waals surface area (Å²) in [4.78, 5) is 11.8. The van der Waals surface area contributed by atoms with E-state index in [1.54, 1.807) is 11.8 Å². The largest absolute Gasteiger partial charge is 0.352 e. The fourth-order valence-electron chi connectivity index (χ4n) is 1.83. The lowest BCUT2D eigenvalue weighted by atomic mass is 9.94. The van der Waals surface area contributed by atoms with Crippen molar-refractivity contribution in [1.29, 1.82) is 0 Å². The molecule has 0 aromatic carbocycles. The molecule has 1 heterocycles. The first-order valence-corrected chi connectivity index (χ1v) is 7.04. The minimum atomic E-state index is 0. The van der Waals surface area contributed by atoms with Crippen molar-refractivity contribution >= 4 is 30.1 Å². The number of carbonyl (C=O) groups is 1. The van der Waals surface area contributed by atoms with E-state index in [0.29, 0.717) is 12.0 Å². The topological polar surface area (TPSA) is 41.1 Å². The van der Waals surface area contributed by atoms with Crippen LogP contribution in [0, 0.1) is 11.8 Å². The van der Waals surface area contributed by atoms with Gasteiger partial charge >= 0.3 is 0 Å². The second-order valence-electron chi connectivity index (χ2n) is 4.44. The normalized spacial score (nSPS) is 26.7. The lowest BCUT2D eigenvalue weighted by Crippen LogP contribution is -2.51. The lowest BCUT2D eigenvalue weighted by molar-refractivity contribution is -0.125. The van der Waals surface area contributed by atoms with Crippen LogP contribution in [0.4, 0.5) is 0 Å². The van der Waals surface area contributed by atoms with Crippen LogP contribution in [0.1, 0.15) is 20.3 Å². The van der Waals surface area contributed by atoms with Crippen molar-refractivity contribution in [3.05, 3.63) is 0 Å². The number of halogens is 1. The Morgan fingerprint density at radius 1 is 1.62 bits per heavy atom. The molecule has 1 saturated heterocycles. The minimum absolute atomic E-state index is 0. The predicted molar refractivity (Wildman–Crippen MR) is 73.4 cm³/mol. The molecule has 0 bridgehead atoms. The highest BCUT2D eigenvalue weighted by Gasteiger charge is 2.24. The average molecular weight is 267 g/mol. The molecule has 2 N–H and O–H groups in total. The molecule has 0 spiro atoms. The highest BCUT2D eigenvalue weighted by Crippen LogP contribution is 2.12. The number of amides is 1. The third-order valence-corrected chi connectivity index (χ3v) is 3.85.